The first kappa shape index (κ1) is 22.5. The predicted octanol–water partition coefficient (Wildman–Crippen LogP) is 3.42. The van der Waals surface area contributed by atoms with Crippen LogP contribution in [0.5, 0.6) is 0 Å². The molecule has 2 heterocycles. The molecule has 2 aliphatic heterocycles. The van der Waals surface area contributed by atoms with Crippen LogP contribution in [-0.4, -0.2) is 54.3 Å². The molecular formula is C22H33BrO7. The topological polar surface area (TPSA) is 80.3 Å². The van der Waals surface area contributed by atoms with Gasteiger partial charge in [-0.15, -0.1) is 0 Å². The molecule has 30 heavy (non-hydrogen) atoms. The van der Waals surface area contributed by atoms with E-state index in [0.29, 0.717) is 17.8 Å². The Bertz CT molecular complexity index is 712. The first-order valence-electron chi connectivity index (χ1n) is 11.0. The summed E-state index contributed by atoms with van der Waals surface area (Å²) in [5.74, 6) is -0.0998. The second-order valence-electron chi connectivity index (χ2n) is 9.95. The van der Waals surface area contributed by atoms with Gasteiger partial charge in [-0.1, -0.05) is 43.1 Å². The Morgan fingerprint density at radius 2 is 1.73 bits per heavy atom. The molecule has 4 aliphatic rings. The highest BCUT2D eigenvalue weighted by molar-refractivity contribution is 9.10. The van der Waals surface area contributed by atoms with E-state index in [4.69, 9.17) is 23.7 Å². The summed E-state index contributed by atoms with van der Waals surface area (Å²) in [6, 6.07) is 0. The van der Waals surface area contributed by atoms with Crippen LogP contribution in [0.2, 0.25) is 0 Å². The first-order chi connectivity index (χ1) is 14.1. The second-order valence-corrected chi connectivity index (χ2v) is 11.2. The van der Waals surface area contributed by atoms with E-state index in [0.717, 1.165) is 12.8 Å². The van der Waals surface area contributed by atoms with Crippen molar-refractivity contribution in [2.24, 2.45) is 29.1 Å². The van der Waals surface area contributed by atoms with Crippen LogP contribution < -0.4 is 0 Å². The molecule has 2 saturated carbocycles. The number of methoxy groups -OCH3 is 1. The average Bonchev–Trinajstić information content (AvgIpc) is 3.00. The number of fused-ring (bicyclic) bond motifs is 3. The average molecular weight is 489 g/mol. The van der Waals surface area contributed by atoms with Crippen molar-refractivity contribution in [1.82, 2.24) is 0 Å². The van der Waals surface area contributed by atoms with Gasteiger partial charge in [0.25, 0.3) is 0 Å². The van der Waals surface area contributed by atoms with Crippen molar-refractivity contribution in [2.45, 2.75) is 89.1 Å². The van der Waals surface area contributed by atoms with Gasteiger partial charge in [-0.2, -0.15) is 0 Å². The summed E-state index contributed by atoms with van der Waals surface area (Å²) in [6.45, 7) is 10.4. The third-order valence-corrected chi connectivity index (χ3v) is 8.88. The zero-order valence-corrected chi connectivity index (χ0v) is 20.1. The van der Waals surface area contributed by atoms with E-state index in [2.05, 4.69) is 36.7 Å². The molecule has 9 atom stereocenters. The van der Waals surface area contributed by atoms with Gasteiger partial charge >= 0.3 is 11.9 Å². The maximum Gasteiger partial charge on any atom is 0.327 e. The maximum absolute atomic E-state index is 13.2. The highest BCUT2D eigenvalue weighted by Gasteiger charge is 2.96. The minimum absolute atomic E-state index is 0.0185. The van der Waals surface area contributed by atoms with Crippen LogP contribution >= 0.6 is 15.9 Å². The van der Waals surface area contributed by atoms with Crippen LogP contribution in [0.15, 0.2) is 0 Å². The van der Waals surface area contributed by atoms with Crippen molar-refractivity contribution in [3.05, 3.63) is 0 Å². The van der Waals surface area contributed by atoms with Crippen molar-refractivity contribution >= 4 is 27.9 Å². The van der Waals surface area contributed by atoms with Gasteiger partial charge in [0, 0.05) is 7.11 Å². The molecule has 2 aliphatic carbocycles. The molecule has 1 spiro atoms. The normalized spacial score (nSPS) is 47.7. The number of hydrogen-bond acceptors (Lipinski definition) is 7. The fourth-order valence-corrected chi connectivity index (χ4v) is 7.08. The van der Waals surface area contributed by atoms with E-state index in [1.165, 1.54) is 13.5 Å². The van der Waals surface area contributed by atoms with Crippen LogP contribution in [0.1, 0.15) is 53.9 Å². The Hall–Kier alpha value is -0.700. The van der Waals surface area contributed by atoms with E-state index in [1.54, 1.807) is 0 Å². The number of carbonyl (C=O) groups excluding carboxylic acids is 2. The standard InChI is InChI=1S/C22H33BrO7/c1-10(2)13-8-7-12(5)9-14(13)28-18-16(27-11(3)4)21(19(24)30-18)15-17(26-6)29-20(25)22(15,21)23/h10-18H,7-9H2,1-6H3/t12-,13+,14-,15-,16+,17+,18-,21-,22-/m1/s1. The molecule has 7 nitrogen and oxygen atoms in total. The van der Waals surface area contributed by atoms with Crippen molar-refractivity contribution in [1.29, 1.82) is 0 Å². The number of alkyl halides is 1. The van der Waals surface area contributed by atoms with Gasteiger partial charge in [-0.25, -0.2) is 0 Å². The summed E-state index contributed by atoms with van der Waals surface area (Å²) in [4.78, 5) is 25.9. The summed E-state index contributed by atoms with van der Waals surface area (Å²) in [5.41, 5.74) is -1.20. The van der Waals surface area contributed by atoms with E-state index >= 15 is 0 Å². The quantitative estimate of drug-likeness (QED) is 0.418. The molecule has 2 saturated heterocycles. The molecular weight excluding hydrogens is 456 g/mol. The lowest BCUT2D eigenvalue weighted by molar-refractivity contribution is -0.220. The van der Waals surface area contributed by atoms with Crippen molar-refractivity contribution in [2.75, 3.05) is 7.11 Å². The molecule has 0 bridgehead atoms. The number of esters is 2. The third-order valence-electron chi connectivity index (χ3n) is 7.41. The Kier molecular flexibility index (Phi) is 5.78. The minimum Gasteiger partial charge on any atom is -0.434 e. The van der Waals surface area contributed by atoms with Gasteiger partial charge in [0.05, 0.1) is 18.1 Å². The van der Waals surface area contributed by atoms with E-state index in [-0.39, 0.29) is 12.2 Å². The molecule has 0 N–H and O–H groups in total. The van der Waals surface area contributed by atoms with Crippen LogP contribution in [-0.2, 0) is 33.3 Å². The fourth-order valence-electron chi connectivity index (χ4n) is 5.89. The van der Waals surface area contributed by atoms with Crippen LogP contribution in [0, 0.1) is 29.1 Å². The van der Waals surface area contributed by atoms with E-state index < -0.39 is 46.3 Å². The van der Waals surface area contributed by atoms with Gasteiger partial charge in [0.2, 0.25) is 12.6 Å². The molecule has 0 amide bonds. The van der Waals surface area contributed by atoms with Gasteiger partial charge in [-0.3, -0.25) is 9.59 Å². The molecule has 0 aromatic rings. The van der Waals surface area contributed by atoms with Gasteiger partial charge in [0.15, 0.2) is 4.32 Å². The van der Waals surface area contributed by atoms with Crippen molar-refractivity contribution < 1.29 is 33.3 Å². The maximum atomic E-state index is 13.2. The van der Waals surface area contributed by atoms with Gasteiger partial charge in [-0.05, 0) is 44.4 Å². The predicted molar refractivity (Wildman–Crippen MR) is 111 cm³/mol. The molecule has 0 aromatic heterocycles. The molecule has 4 rings (SSSR count). The van der Waals surface area contributed by atoms with Crippen LogP contribution in [0.3, 0.4) is 0 Å². The fraction of sp³-hybridized carbons (Fsp3) is 0.909. The van der Waals surface area contributed by atoms with Crippen molar-refractivity contribution in [3.8, 4) is 0 Å². The van der Waals surface area contributed by atoms with E-state index in [9.17, 15) is 9.59 Å². The smallest absolute Gasteiger partial charge is 0.327 e. The zero-order valence-electron chi connectivity index (χ0n) is 18.6. The summed E-state index contributed by atoms with van der Waals surface area (Å²) < 4.78 is 27.9. The number of rotatable bonds is 6. The highest BCUT2D eigenvalue weighted by atomic mass is 79.9. The first-order valence-corrected chi connectivity index (χ1v) is 11.8. The lowest BCUT2D eigenvalue weighted by Gasteiger charge is -2.39. The third kappa shape index (κ3) is 3.00. The Morgan fingerprint density at radius 1 is 1.07 bits per heavy atom. The molecule has 0 unspecified atom stereocenters. The van der Waals surface area contributed by atoms with Gasteiger partial charge in [0.1, 0.15) is 11.5 Å². The molecule has 0 aromatic carbocycles. The number of carbonyl (C=O) groups is 2. The highest BCUT2D eigenvalue weighted by Crippen LogP contribution is 2.77. The van der Waals surface area contributed by atoms with Crippen molar-refractivity contribution in [3.63, 3.8) is 0 Å². The number of hydrogen-bond donors (Lipinski definition) is 0. The minimum atomic E-state index is -1.20. The molecule has 170 valence electrons. The van der Waals surface area contributed by atoms with Gasteiger partial charge < -0.3 is 23.7 Å². The summed E-state index contributed by atoms with van der Waals surface area (Å²) in [5, 5.41) is 0. The largest absolute Gasteiger partial charge is 0.434 e. The van der Waals surface area contributed by atoms with Crippen LogP contribution in [0.25, 0.3) is 0 Å². The lowest BCUT2D eigenvalue weighted by Crippen LogP contribution is -2.46. The van der Waals surface area contributed by atoms with E-state index in [1.807, 2.05) is 13.8 Å². The SMILES string of the molecule is CO[C@H]1OC(=O)[C@]2(Br)[C@H]1[C@@]21C(=O)O[C@@H](O[C@@H]2C[C@H](C)CC[C@H]2C(C)C)[C@@H]1OC(C)C. The van der Waals surface area contributed by atoms with Crippen LogP contribution in [0.4, 0.5) is 0 Å². The summed E-state index contributed by atoms with van der Waals surface area (Å²) in [7, 11) is 1.46. The number of ether oxygens (including phenoxy) is 5. The summed E-state index contributed by atoms with van der Waals surface area (Å²) >= 11 is 3.52. The molecule has 8 heteroatoms. The molecule has 4 fully saturated rings. The second kappa shape index (κ2) is 7.71. The molecule has 0 radical (unpaired) electrons. The monoisotopic (exact) mass is 488 g/mol. The Balaban J connectivity index is 1.64. The lowest BCUT2D eigenvalue weighted by atomic mass is 9.75. The number of cyclic esters (lactones) is 2. The number of halogens is 1. The Morgan fingerprint density at radius 3 is 2.33 bits per heavy atom. The summed E-state index contributed by atoms with van der Waals surface area (Å²) in [6.07, 6.45) is 0.601. The Labute approximate surface area is 186 Å². The zero-order chi connectivity index (χ0) is 22.0.